The van der Waals surface area contributed by atoms with Crippen molar-refractivity contribution in [2.24, 2.45) is 5.73 Å². The van der Waals surface area contributed by atoms with Crippen LogP contribution in [0.4, 0.5) is 0 Å². The second-order valence-electron chi connectivity index (χ2n) is 3.81. The first-order valence-corrected chi connectivity index (χ1v) is 5.42. The summed E-state index contributed by atoms with van der Waals surface area (Å²) in [6.45, 7) is 6.05. The SMILES string of the molecule is CCc1nnc(C)cc1C(=O)NC(C)CN. The first-order chi connectivity index (χ1) is 7.58. The fourth-order valence-electron chi connectivity index (χ4n) is 1.33. The number of hydrogen-bond acceptors (Lipinski definition) is 4. The summed E-state index contributed by atoms with van der Waals surface area (Å²) in [6.07, 6.45) is 0.688. The van der Waals surface area contributed by atoms with E-state index in [1.807, 2.05) is 20.8 Å². The normalized spacial score (nSPS) is 12.2. The highest BCUT2D eigenvalue weighted by Crippen LogP contribution is 2.07. The van der Waals surface area contributed by atoms with Crippen molar-refractivity contribution >= 4 is 5.91 Å². The number of nitrogens with one attached hydrogen (secondary N) is 1. The number of hydrogen-bond donors (Lipinski definition) is 2. The molecule has 0 aliphatic heterocycles. The Hall–Kier alpha value is -1.49. The zero-order chi connectivity index (χ0) is 12.1. The number of carbonyl (C=O) groups excluding carboxylic acids is 1. The van der Waals surface area contributed by atoms with E-state index in [0.717, 1.165) is 5.69 Å². The third-order valence-electron chi connectivity index (χ3n) is 2.30. The molecule has 1 atom stereocenters. The number of nitrogens with zero attached hydrogens (tertiary/aromatic N) is 2. The molecule has 0 fully saturated rings. The highest BCUT2D eigenvalue weighted by molar-refractivity contribution is 5.95. The molecule has 1 amide bonds. The van der Waals surface area contributed by atoms with Gasteiger partial charge in [-0.15, -0.1) is 0 Å². The van der Waals surface area contributed by atoms with Crippen LogP contribution in [0.25, 0.3) is 0 Å². The van der Waals surface area contributed by atoms with Gasteiger partial charge in [0.05, 0.1) is 17.0 Å². The number of aryl methyl sites for hydroxylation is 2. The van der Waals surface area contributed by atoms with Gasteiger partial charge in [-0.25, -0.2) is 0 Å². The summed E-state index contributed by atoms with van der Waals surface area (Å²) in [5.41, 5.74) is 7.50. The van der Waals surface area contributed by atoms with Crippen molar-refractivity contribution in [2.45, 2.75) is 33.2 Å². The van der Waals surface area contributed by atoms with Crippen molar-refractivity contribution in [3.63, 3.8) is 0 Å². The number of aromatic nitrogens is 2. The Morgan fingerprint density at radius 3 is 2.81 bits per heavy atom. The molecule has 0 aliphatic carbocycles. The van der Waals surface area contributed by atoms with Gasteiger partial charge in [0.15, 0.2) is 0 Å². The van der Waals surface area contributed by atoms with Gasteiger partial charge >= 0.3 is 0 Å². The fraction of sp³-hybridized carbons (Fsp3) is 0.545. The van der Waals surface area contributed by atoms with Crippen LogP contribution < -0.4 is 11.1 Å². The molecule has 0 aliphatic rings. The van der Waals surface area contributed by atoms with E-state index in [9.17, 15) is 4.79 Å². The fourth-order valence-corrected chi connectivity index (χ4v) is 1.33. The first kappa shape index (κ1) is 12.6. The van der Waals surface area contributed by atoms with Crippen molar-refractivity contribution in [1.29, 1.82) is 0 Å². The van der Waals surface area contributed by atoms with Crippen molar-refractivity contribution in [1.82, 2.24) is 15.5 Å². The van der Waals surface area contributed by atoms with Crippen LogP contribution >= 0.6 is 0 Å². The van der Waals surface area contributed by atoms with Gasteiger partial charge in [-0.2, -0.15) is 10.2 Å². The molecule has 88 valence electrons. The van der Waals surface area contributed by atoms with Crippen molar-refractivity contribution < 1.29 is 4.79 Å². The Labute approximate surface area is 95.4 Å². The molecule has 0 bridgehead atoms. The van der Waals surface area contributed by atoms with Gasteiger partial charge in [0, 0.05) is 12.6 Å². The molecule has 1 unspecified atom stereocenters. The van der Waals surface area contributed by atoms with E-state index in [1.54, 1.807) is 6.07 Å². The number of nitrogens with two attached hydrogens (primary N) is 1. The van der Waals surface area contributed by atoms with Crippen molar-refractivity contribution in [3.8, 4) is 0 Å². The minimum Gasteiger partial charge on any atom is -0.348 e. The Morgan fingerprint density at radius 2 is 2.25 bits per heavy atom. The molecule has 0 radical (unpaired) electrons. The van der Waals surface area contributed by atoms with Crippen LogP contribution in [0.3, 0.4) is 0 Å². The number of amides is 1. The van der Waals surface area contributed by atoms with Crippen LogP contribution in [0.5, 0.6) is 0 Å². The molecule has 0 saturated carbocycles. The van der Waals surface area contributed by atoms with Gasteiger partial charge in [0.25, 0.3) is 5.91 Å². The maximum Gasteiger partial charge on any atom is 0.253 e. The Bertz CT molecular complexity index is 378. The predicted molar refractivity (Wildman–Crippen MR) is 62.1 cm³/mol. The predicted octanol–water partition coefficient (Wildman–Crippen LogP) is 0.424. The largest absolute Gasteiger partial charge is 0.348 e. The van der Waals surface area contributed by atoms with E-state index in [0.29, 0.717) is 24.2 Å². The third-order valence-corrected chi connectivity index (χ3v) is 2.30. The van der Waals surface area contributed by atoms with Gasteiger partial charge in [-0.05, 0) is 26.3 Å². The zero-order valence-corrected chi connectivity index (χ0v) is 9.95. The van der Waals surface area contributed by atoms with Crippen LogP contribution in [0.15, 0.2) is 6.07 Å². The Morgan fingerprint density at radius 1 is 1.56 bits per heavy atom. The summed E-state index contributed by atoms with van der Waals surface area (Å²) < 4.78 is 0. The quantitative estimate of drug-likeness (QED) is 0.774. The van der Waals surface area contributed by atoms with Gasteiger partial charge in [0.2, 0.25) is 0 Å². The van der Waals surface area contributed by atoms with Crippen LogP contribution in [0, 0.1) is 6.92 Å². The van der Waals surface area contributed by atoms with Crippen LogP contribution in [0.1, 0.15) is 35.6 Å². The lowest BCUT2D eigenvalue weighted by atomic mass is 10.1. The van der Waals surface area contributed by atoms with Crippen LogP contribution in [0.2, 0.25) is 0 Å². The topological polar surface area (TPSA) is 80.9 Å². The van der Waals surface area contributed by atoms with Crippen LogP contribution in [-0.4, -0.2) is 28.7 Å². The third kappa shape index (κ3) is 3.00. The summed E-state index contributed by atoms with van der Waals surface area (Å²) in [7, 11) is 0. The summed E-state index contributed by atoms with van der Waals surface area (Å²) in [5, 5.41) is 10.8. The number of carbonyl (C=O) groups is 1. The average molecular weight is 222 g/mol. The Kier molecular flexibility index (Phi) is 4.37. The molecule has 1 rings (SSSR count). The van der Waals surface area contributed by atoms with E-state index in [4.69, 9.17) is 5.73 Å². The standard InChI is InChI=1S/C11H18N4O/c1-4-10-9(5-7(2)14-15-10)11(16)13-8(3)6-12/h5,8H,4,6,12H2,1-3H3,(H,13,16). The van der Waals surface area contributed by atoms with E-state index in [-0.39, 0.29) is 11.9 Å². The van der Waals surface area contributed by atoms with Gasteiger partial charge in [-0.3, -0.25) is 4.79 Å². The van der Waals surface area contributed by atoms with Crippen molar-refractivity contribution in [2.75, 3.05) is 6.54 Å². The summed E-state index contributed by atoms with van der Waals surface area (Å²) in [5.74, 6) is -0.132. The molecule has 0 aromatic carbocycles. The molecule has 0 spiro atoms. The molecule has 1 heterocycles. The lowest BCUT2D eigenvalue weighted by Gasteiger charge is -2.12. The maximum atomic E-state index is 11.9. The summed E-state index contributed by atoms with van der Waals surface area (Å²) in [4.78, 5) is 11.9. The smallest absolute Gasteiger partial charge is 0.253 e. The summed E-state index contributed by atoms with van der Waals surface area (Å²) >= 11 is 0. The van der Waals surface area contributed by atoms with E-state index >= 15 is 0 Å². The van der Waals surface area contributed by atoms with Crippen LogP contribution in [-0.2, 0) is 6.42 Å². The first-order valence-electron chi connectivity index (χ1n) is 5.42. The van der Waals surface area contributed by atoms with E-state index in [2.05, 4.69) is 15.5 Å². The molecule has 0 saturated heterocycles. The molecular weight excluding hydrogens is 204 g/mol. The minimum atomic E-state index is -0.132. The van der Waals surface area contributed by atoms with Gasteiger partial charge in [-0.1, -0.05) is 6.92 Å². The molecular formula is C11H18N4O. The zero-order valence-electron chi connectivity index (χ0n) is 9.95. The molecule has 1 aromatic heterocycles. The molecule has 5 nitrogen and oxygen atoms in total. The molecule has 1 aromatic rings. The van der Waals surface area contributed by atoms with E-state index in [1.165, 1.54) is 0 Å². The second kappa shape index (κ2) is 5.55. The molecule has 16 heavy (non-hydrogen) atoms. The molecule has 3 N–H and O–H groups in total. The lowest BCUT2D eigenvalue weighted by molar-refractivity contribution is 0.0939. The highest BCUT2D eigenvalue weighted by Gasteiger charge is 2.14. The highest BCUT2D eigenvalue weighted by atomic mass is 16.1. The monoisotopic (exact) mass is 222 g/mol. The lowest BCUT2D eigenvalue weighted by Crippen LogP contribution is -2.38. The van der Waals surface area contributed by atoms with Crippen molar-refractivity contribution in [3.05, 3.63) is 23.0 Å². The Balaban J connectivity index is 2.93. The van der Waals surface area contributed by atoms with Gasteiger partial charge in [0.1, 0.15) is 0 Å². The van der Waals surface area contributed by atoms with E-state index < -0.39 is 0 Å². The summed E-state index contributed by atoms with van der Waals surface area (Å²) in [6, 6.07) is 1.72. The molecule has 5 heteroatoms. The average Bonchev–Trinajstić information content (AvgIpc) is 2.28. The maximum absolute atomic E-state index is 11.9. The van der Waals surface area contributed by atoms with Gasteiger partial charge < -0.3 is 11.1 Å². The second-order valence-corrected chi connectivity index (χ2v) is 3.81. The minimum absolute atomic E-state index is 0.0364. The number of rotatable bonds is 4.